The Balaban J connectivity index is 1.38. The van der Waals surface area contributed by atoms with Gasteiger partial charge in [-0.1, -0.05) is 29.8 Å². The average molecular weight is 445 g/mol. The molecule has 9 nitrogen and oxygen atoms in total. The first-order valence-corrected chi connectivity index (χ1v) is 11.3. The van der Waals surface area contributed by atoms with Crippen molar-refractivity contribution < 1.29 is 23.9 Å². The van der Waals surface area contributed by atoms with Crippen molar-refractivity contribution in [3.8, 4) is 0 Å². The Bertz CT molecular complexity index is 848. The average Bonchev–Trinajstić information content (AvgIpc) is 3.39. The summed E-state index contributed by atoms with van der Waals surface area (Å²) in [5, 5.41) is 5.70. The number of nitrogens with zero attached hydrogens (tertiary/aromatic N) is 2. The highest BCUT2D eigenvalue weighted by Crippen LogP contribution is 2.29. The van der Waals surface area contributed by atoms with Crippen LogP contribution in [0.2, 0.25) is 0 Å². The van der Waals surface area contributed by atoms with Gasteiger partial charge in [0.1, 0.15) is 12.1 Å². The van der Waals surface area contributed by atoms with E-state index < -0.39 is 17.5 Å². The standard InChI is InChI=1S/C23H32N4O5/c1-16-3-5-18(6-4-16)23(2)21(29)27(22(30)25-23)14-20(28)24-13-19(17-7-10-32-15-17)26-8-11-31-12-9-26/h3-6,17,19H,7-15H2,1-2H3,(H,24,28)(H,25,30). The SMILES string of the molecule is Cc1ccc(C2(C)NC(=O)N(CC(=O)NCC(C3CCOC3)N3CCOCC3)C2=O)cc1. The van der Waals surface area contributed by atoms with Crippen molar-refractivity contribution in [1.82, 2.24) is 20.4 Å². The topological polar surface area (TPSA) is 100 Å². The van der Waals surface area contributed by atoms with Crippen LogP contribution >= 0.6 is 0 Å². The van der Waals surface area contributed by atoms with Gasteiger partial charge in [-0.15, -0.1) is 0 Å². The fraction of sp³-hybridized carbons (Fsp3) is 0.609. The van der Waals surface area contributed by atoms with Crippen molar-refractivity contribution >= 4 is 17.8 Å². The number of ether oxygens (including phenoxy) is 2. The van der Waals surface area contributed by atoms with E-state index in [-0.39, 0.29) is 18.5 Å². The monoisotopic (exact) mass is 444 g/mol. The summed E-state index contributed by atoms with van der Waals surface area (Å²) in [5.41, 5.74) is 0.577. The lowest BCUT2D eigenvalue weighted by atomic mass is 9.91. The lowest BCUT2D eigenvalue weighted by Gasteiger charge is -2.37. The largest absolute Gasteiger partial charge is 0.381 e. The van der Waals surface area contributed by atoms with E-state index in [1.165, 1.54) is 0 Å². The molecule has 3 heterocycles. The van der Waals surface area contributed by atoms with Crippen LogP contribution in [-0.4, -0.2) is 86.3 Å². The Morgan fingerprint density at radius 2 is 1.91 bits per heavy atom. The molecule has 4 rings (SSSR count). The molecular formula is C23H32N4O5. The van der Waals surface area contributed by atoms with E-state index >= 15 is 0 Å². The van der Waals surface area contributed by atoms with E-state index in [1.807, 2.05) is 31.2 Å². The number of carbonyl (C=O) groups is 3. The molecule has 32 heavy (non-hydrogen) atoms. The van der Waals surface area contributed by atoms with Crippen molar-refractivity contribution in [3.63, 3.8) is 0 Å². The summed E-state index contributed by atoms with van der Waals surface area (Å²) >= 11 is 0. The molecule has 3 aliphatic heterocycles. The number of urea groups is 1. The van der Waals surface area contributed by atoms with Gasteiger partial charge in [-0.2, -0.15) is 0 Å². The van der Waals surface area contributed by atoms with Crippen molar-refractivity contribution in [2.45, 2.75) is 31.8 Å². The summed E-state index contributed by atoms with van der Waals surface area (Å²) in [6, 6.07) is 7.04. The molecular weight excluding hydrogens is 412 g/mol. The van der Waals surface area contributed by atoms with Gasteiger partial charge in [0.05, 0.1) is 19.8 Å². The first-order valence-electron chi connectivity index (χ1n) is 11.3. The second-order valence-electron chi connectivity index (χ2n) is 8.96. The molecule has 0 saturated carbocycles. The molecule has 0 aromatic heterocycles. The molecule has 3 aliphatic rings. The third-order valence-electron chi connectivity index (χ3n) is 6.74. The van der Waals surface area contributed by atoms with E-state index in [0.717, 1.165) is 36.6 Å². The fourth-order valence-corrected chi connectivity index (χ4v) is 4.70. The Morgan fingerprint density at radius 3 is 2.56 bits per heavy atom. The lowest BCUT2D eigenvalue weighted by Crippen LogP contribution is -2.53. The van der Waals surface area contributed by atoms with Crippen LogP contribution in [0.4, 0.5) is 4.79 Å². The summed E-state index contributed by atoms with van der Waals surface area (Å²) in [5.74, 6) is -0.427. The van der Waals surface area contributed by atoms with E-state index in [0.29, 0.717) is 37.8 Å². The zero-order valence-electron chi connectivity index (χ0n) is 18.8. The fourth-order valence-electron chi connectivity index (χ4n) is 4.70. The number of hydrogen-bond donors (Lipinski definition) is 2. The van der Waals surface area contributed by atoms with Crippen molar-refractivity contribution in [1.29, 1.82) is 0 Å². The smallest absolute Gasteiger partial charge is 0.325 e. The molecule has 0 aliphatic carbocycles. The number of nitrogens with one attached hydrogen (secondary N) is 2. The van der Waals surface area contributed by atoms with Crippen LogP contribution < -0.4 is 10.6 Å². The minimum Gasteiger partial charge on any atom is -0.381 e. The van der Waals surface area contributed by atoms with E-state index in [2.05, 4.69) is 15.5 Å². The predicted octanol–water partition coefficient (Wildman–Crippen LogP) is 0.616. The van der Waals surface area contributed by atoms with Crippen molar-refractivity contribution in [2.24, 2.45) is 5.92 Å². The van der Waals surface area contributed by atoms with E-state index in [1.54, 1.807) is 6.92 Å². The van der Waals surface area contributed by atoms with Gasteiger partial charge in [-0.3, -0.25) is 19.4 Å². The lowest BCUT2D eigenvalue weighted by molar-refractivity contribution is -0.135. The Morgan fingerprint density at radius 1 is 1.19 bits per heavy atom. The minimum atomic E-state index is -1.18. The molecule has 3 saturated heterocycles. The molecule has 0 spiro atoms. The molecule has 4 amide bonds. The van der Waals surface area contributed by atoms with Gasteiger partial charge in [0.25, 0.3) is 5.91 Å². The number of benzene rings is 1. The molecule has 174 valence electrons. The Hall–Kier alpha value is -2.49. The number of amides is 4. The molecule has 1 aromatic carbocycles. The highest BCUT2D eigenvalue weighted by molar-refractivity contribution is 6.09. The molecule has 2 N–H and O–H groups in total. The summed E-state index contributed by atoms with van der Waals surface area (Å²) in [4.78, 5) is 41.7. The van der Waals surface area contributed by atoms with Crippen LogP contribution in [0.1, 0.15) is 24.5 Å². The van der Waals surface area contributed by atoms with Gasteiger partial charge in [0.2, 0.25) is 5.91 Å². The van der Waals surface area contributed by atoms with Gasteiger partial charge < -0.3 is 20.1 Å². The molecule has 3 fully saturated rings. The molecule has 3 atom stereocenters. The minimum absolute atomic E-state index is 0.145. The van der Waals surface area contributed by atoms with Crippen LogP contribution in [0.25, 0.3) is 0 Å². The van der Waals surface area contributed by atoms with Crippen LogP contribution in [0, 0.1) is 12.8 Å². The molecule has 3 unspecified atom stereocenters. The highest BCUT2D eigenvalue weighted by Gasteiger charge is 2.49. The number of aryl methyl sites for hydroxylation is 1. The highest BCUT2D eigenvalue weighted by atomic mass is 16.5. The van der Waals surface area contributed by atoms with Crippen LogP contribution in [-0.2, 0) is 24.6 Å². The van der Waals surface area contributed by atoms with E-state index in [4.69, 9.17) is 9.47 Å². The Labute approximate surface area is 188 Å². The normalized spacial score (nSPS) is 27.4. The molecule has 0 radical (unpaired) electrons. The molecule has 9 heteroatoms. The van der Waals surface area contributed by atoms with Crippen LogP contribution in [0.3, 0.4) is 0 Å². The van der Waals surface area contributed by atoms with E-state index in [9.17, 15) is 14.4 Å². The number of morpholine rings is 1. The van der Waals surface area contributed by atoms with Crippen LogP contribution in [0.5, 0.6) is 0 Å². The molecule has 1 aromatic rings. The summed E-state index contributed by atoms with van der Waals surface area (Å²) in [7, 11) is 0. The maximum absolute atomic E-state index is 13.1. The third-order valence-corrected chi connectivity index (χ3v) is 6.74. The number of carbonyl (C=O) groups excluding carboxylic acids is 3. The molecule has 0 bridgehead atoms. The third kappa shape index (κ3) is 4.65. The number of rotatable bonds is 7. The maximum atomic E-state index is 13.1. The van der Waals surface area contributed by atoms with Gasteiger partial charge in [-0.25, -0.2) is 4.79 Å². The first kappa shape index (κ1) is 22.7. The number of hydrogen-bond acceptors (Lipinski definition) is 6. The first-order chi connectivity index (χ1) is 15.4. The zero-order chi connectivity index (χ0) is 22.7. The van der Waals surface area contributed by atoms with Gasteiger partial charge in [0, 0.05) is 38.2 Å². The van der Waals surface area contributed by atoms with Gasteiger partial charge >= 0.3 is 6.03 Å². The quantitative estimate of drug-likeness (QED) is 0.598. The maximum Gasteiger partial charge on any atom is 0.325 e. The number of imide groups is 1. The second-order valence-corrected chi connectivity index (χ2v) is 8.96. The zero-order valence-corrected chi connectivity index (χ0v) is 18.8. The second kappa shape index (κ2) is 9.56. The summed E-state index contributed by atoms with van der Waals surface area (Å²) in [6.45, 7) is 8.19. The predicted molar refractivity (Wildman–Crippen MR) is 117 cm³/mol. The van der Waals surface area contributed by atoms with Crippen LogP contribution in [0.15, 0.2) is 24.3 Å². The van der Waals surface area contributed by atoms with Crippen molar-refractivity contribution in [3.05, 3.63) is 35.4 Å². The summed E-state index contributed by atoms with van der Waals surface area (Å²) < 4.78 is 11.0. The summed E-state index contributed by atoms with van der Waals surface area (Å²) in [6.07, 6.45) is 0.958. The Kier molecular flexibility index (Phi) is 6.78. The van der Waals surface area contributed by atoms with Crippen molar-refractivity contribution in [2.75, 3.05) is 52.6 Å². The van der Waals surface area contributed by atoms with Gasteiger partial charge in [0.15, 0.2) is 0 Å². The van der Waals surface area contributed by atoms with Gasteiger partial charge in [-0.05, 0) is 25.8 Å².